The van der Waals surface area contributed by atoms with Crippen LogP contribution in [-0.4, -0.2) is 25.8 Å². The Morgan fingerprint density at radius 2 is 1.95 bits per heavy atom. The average Bonchev–Trinajstić information content (AvgIpc) is 2.95. The van der Waals surface area contributed by atoms with E-state index >= 15 is 0 Å². The summed E-state index contributed by atoms with van der Waals surface area (Å²) in [5.74, 6) is -1.59. The first kappa shape index (κ1) is 13.9. The SMILES string of the molecule is O=C(O)c1cn(Cc2ccc(F)nc2)nc1-c1ccccc1. The van der Waals surface area contributed by atoms with Crippen LogP contribution in [0.4, 0.5) is 4.39 Å². The van der Waals surface area contributed by atoms with Crippen molar-refractivity contribution in [1.82, 2.24) is 14.8 Å². The molecule has 5 nitrogen and oxygen atoms in total. The van der Waals surface area contributed by atoms with Gasteiger partial charge in [-0.05, 0) is 11.6 Å². The smallest absolute Gasteiger partial charge is 0.339 e. The van der Waals surface area contributed by atoms with E-state index in [1.165, 1.54) is 23.1 Å². The third-order valence-corrected chi connectivity index (χ3v) is 3.17. The van der Waals surface area contributed by atoms with E-state index in [1.54, 1.807) is 18.2 Å². The van der Waals surface area contributed by atoms with Gasteiger partial charge in [-0.15, -0.1) is 0 Å². The van der Waals surface area contributed by atoms with Gasteiger partial charge in [0.15, 0.2) is 0 Å². The van der Waals surface area contributed by atoms with Crippen LogP contribution in [0.5, 0.6) is 0 Å². The molecule has 3 rings (SSSR count). The first-order valence-corrected chi connectivity index (χ1v) is 6.60. The number of carbonyl (C=O) groups is 1. The third-order valence-electron chi connectivity index (χ3n) is 3.17. The summed E-state index contributed by atoms with van der Waals surface area (Å²) in [6.45, 7) is 0.320. The Morgan fingerprint density at radius 1 is 1.18 bits per heavy atom. The van der Waals surface area contributed by atoms with Crippen molar-refractivity contribution < 1.29 is 14.3 Å². The van der Waals surface area contributed by atoms with E-state index in [0.717, 1.165) is 11.1 Å². The lowest BCUT2D eigenvalue weighted by molar-refractivity contribution is 0.0697. The molecule has 0 aliphatic heterocycles. The molecule has 0 saturated heterocycles. The Morgan fingerprint density at radius 3 is 2.59 bits per heavy atom. The van der Waals surface area contributed by atoms with E-state index in [0.29, 0.717) is 12.2 Å². The predicted octanol–water partition coefficient (Wildman–Crippen LogP) is 2.83. The van der Waals surface area contributed by atoms with Crippen LogP contribution in [0.3, 0.4) is 0 Å². The van der Waals surface area contributed by atoms with Crippen LogP contribution in [0, 0.1) is 5.95 Å². The molecule has 2 aromatic heterocycles. The number of hydrogen-bond donors (Lipinski definition) is 1. The van der Waals surface area contributed by atoms with E-state index in [1.807, 2.05) is 18.2 Å². The Kier molecular flexibility index (Phi) is 3.65. The number of carboxylic acid groups (broad SMARTS) is 1. The third kappa shape index (κ3) is 2.85. The lowest BCUT2D eigenvalue weighted by Crippen LogP contribution is -2.01. The van der Waals surface area contributed by atoms with Crippen molar-refractivity contribution in [2.45, 2.75) is 6.54 Å². The standard InChI is InChI=1S/C16H12FN3O2/c17-14-7-6-11(8-18-14)9-20-10-13(16(21)22)15(19-20)12-4-2-1-3-5-12/h1-8,10H,9H2,(H,21,22). The molecule has 0 unspecified atom stereocenters. The zero-order valence-corrected chi connectivity index (χ0v) is 11.5. The minimum absolute atomic E-state index is 0.126. The fourth-order valence-electron chi connectivity index (χ4n) is 2.16. The van der Waals surface area contributed by atoms with Crippen molar-refractivity contribution in [2.24, 2.45) is 0 Å². The summed E-state index contributed by atoms with van der Waals surface area (Å²) in [6, 6.07) is 12.0. The van der Waals surface area contributed by atoms with Crippen molar-refractivity contribution in [1.29, 1.82) is 0 Å². The molecule has 0 fully saturated rings. The zero-order valence-electron chi connectivity index (χ0n) is 11.5. The van der Waals surface area contributed by atoms with E-state index in [2.05, 4.69) is 10.1 Å². The van der Waals surface area contributed by atoms with Crippen molar-refractivity contribution >= 4 is 5.97 Å². The second-order valence-corrected chi connectivity index (χ2v) is 4.75. The van der Waals surface area contributed by atoms with Gasteiger partial charge in [-0.2, -0.15) is 9.49 Å². The van der Waals surface area contributed by atoms with Gasteiger partial charge in [-0.25, -0.2) is 9.78 Å². The zero-order chi connectivity index (χ0) is 15.5. The quantitative estimate of drug-likeness (QED) is 0.752. The normalized spacial score (nSPS) is 10.6. The first-order chi connectivity index (χ1) is 10.6. The summed E-state index contributed by atoms with van der Waals surface area (Å²) in [7, 11) is 0. The highest BCUT2D eigenvalue weighted by molar-refractivity contribution is 5.94. The van der Waals surface area contributed by atoms with Gasteiger partial charge in [0, 0.05) is 18.0 Å². The highest BCUT2D eigenvalue weighted by atomic mass is 19.1. The molecule has 1 N–H and O–H groups in total. The van der Waals surface area contributed by atoms with Crippen LogP contribution >= 0.6 is 0 Å². The van der Waals surface area contributed by atoms with Crippen LogP contribution in [0.15, 0.2) is 54.9 Å². The van der Waals surface area contributed by atoms with Gasteiger partial charge in [0.1, 0.15) is 11.3 Å². The number of nitrogens with zero attached hydrogens (tertiary/aromatic N) is 3. The fraction of sp³-hybridized carbons (Fsp3) is 0.0625. The summed E-state index contributed by atoms with van der Waals surface area (Å²) in [6.07, 6.45) is 2.87. The van der Waals surface area contributed by atoms with Gasteiger partial charge in [0.05, 0.1) is 6.54 Å². The molecular formula is C16H12FN3O2. The Bertz CT molecular complexity index is 798. The van der Waals surface area contributed by atoms with Crippen molar-refractivity contribution in [3.63, 3.8) is 0 Å². The van der Waals surface area contributed by atoms with Crippen LogP contribution in [0.2, 0.25) is 0 Å². The fourth-order valence-corrected chi connectivity index (χ4v) is 2.16. The summed E-state index contributed by atoms with van der Waals surface area (Å²) in [5.41, 5.74) is 2.00. The number of hydrogen-bond acceptors (Lipinski definition) is 3. The van der Waals surface area contributed by atoms with Crippen molar-refractivity contribution in [3.8, 4) is 11.3 Å². The predicted molar refractivity (Wildman–Crippen MR) is 77.9 cm³/mol. The Labute approximate surface area is 125 Å². The molecule has 0 atom stereocenters. The van der Waals surface area contributed by atoms with Crippen LogP contribution in [0.25, 0.3) is 11.3 Å². The number of halogens is 1. The highest BCUT2D eigenvalue weighted by Crippen LogP contribution is 2.22. The molecule has 0 aliphatic carbocycles. The van der Waals surface area contributed by atoms with Gasteiger partial charge in [0.2, 0.25) is 5.95 Å². The number of aromatic carboxylic acids is 1. The molecule has 0 bridgehead atoms. The molecule has 22 heavy (non-hydrogen) atoms. The topological polar surface area (TPSA) is 68.0 Å². The lowest BCUT2D eigenvalue weighted by Gasteiger charge is -2.01. The Hall–Kier alpha value is -3.02. The monoisotopic (exact) mass is 297 g/mol. The van der Waals surface area contributed by atoms with E-state index < -0.39 is 11.9 Å². The lowest BCUT2D eigenvalue weighted by atomic mass is 10.1. The van der Waals surface area contributed by atoms with Crippen LogP contribution in [0.1, 0.15) is 15.9 Å². The molecule has 110 valence electrons. The number of pyridine rings is 1. The van der Waals surface area contributed by atoms with E-state index in [9.17, 15) is 14.3 Å². The Balaban J connectivity index is 1.97. The molecule has 0 saturated carbocycles. The molecule has 6 heteroatoms. The highest BCUT2D eigenvalue weighted by Gasteiger charge is 2.17. The molecule has 3 aromatic rings. The first-order valence-electron chi connectivity index (χ1n) is 6.60. The molecule has 0 amide bonds. The second kappa shape index (κ2) is 5.77. The number of rotatable bonds is 4. The largest absolute Gasteiger partial charge is 0.478 e. The van der Waals surface area contributed by atoms with Gasteiger partial charge >= 0.3 is 5.97 Å². The second-order valence-electron chi connectivity index (χ2n) is 4.75. The maximum atomic E-state index is 12.8. The molecule has 0 spiro atoms. The van der Waals surface area contributed by atoms with Gasteiger partial charge in [0.25, 0.3) is 0 Å². The van der Waals surface area contributed by atoms with Crippen molar-refractivity contribution in [2.75, 3.05) is 0 Å². The number of benzene rings is 1. The molecular weight excluding hydrogens is 285 g/mol. The van der Waals surface area contributed by atoms with Crippen LogP contribution < -0.4 is 0 Å². The maximum Gasteiger partial charge on any atom is 0.339 e. The van der Waals surface area contributed by atoms with E-state index in [4.69, 9.17) is 0 Å². The minimum Gasteiger partial charge on any atom is -0.478 e. The number of aromatic nitrogens is 3. The van der Waals surface area contributed by atoms with E-state index in [-0.39, 0.29) is 5.56 Å². The van der Waals surface area contributed by atoms with Gasteiger partial charge in [-0.3, -0.25) is 4.68 Å². The summed E-state index contributed by atoms with van der Waals surface area (Å²) < 4.78 is 14.3. The molecule has 2 heterocycles. The average molecular weight is 297 g/mol. The molecule has 0 aliphatic rings. The van der Waals surface area contributed by atoms with Crippen LogP contribution in [-0.2, 0) is 6.54 Å². The summed E-state index contributed by atoms with van der Waals surface area (Å²) >= 11 is 0. The molecule has 0 radical (unpaired) electrons. The van der Waals surface area contributed by atoms with Gasteiger partial charge in [-0.1, -0.05) is 36.4 Å². The maximum absolute atomic E-state index is 12.8. The van der Waals surface area contributed by atoms with Gasteiger partial charge < -0.3 is 5.11 Å². The minimum atomic E-state index is -1.04. The summed E-state index contributed by atoms with van der Waals surface area (Å²) in [5, 5.41) is 13.7. The number of carboxylic acids is 1. The molecule has 1 aromatic carbocycles. The van der Waals surface area contributed by atoms with Crippen molar-refractivity contribution in [3.05, 3.63) is 71.9 Å². The summed E-state index contributed by atoms with van der Waals surface area (Å²) in [4.78, 5) is 15.0.